The molecule has 0 radical (unpaired) electrons. The average molecular weight is 487 g/mol. The minimum Gasteiger partial charge on any atom is -0.323 e. The van der Waals surface area contributed by atoms with E-state index in [0.717, 1.165) is 15.9 Å². The SMILES string of the molecule is CCSc1nc2c(s1)c(=O)n(-c1ccc(C)cc1)c(=O)n2CC(=O)Nc1ccccc1Cl. The van der Waals surface area contributed by atoms with Gasteiger partial charge in [0.25, 0.3) is 5.56 Å². The molecule has 32 heavy (non-hydrogen) atoms. The highest BCUT2D eigenvalue weighted by Gasteiger charge is 2.21. The van der Waals surface area contributed by atoms with E-state index in [1.165, 1.54) is 27.7 Å². The van der Waals surface area contributed by atoms with Crippen LogP contribution in [0.4, 0.5) is 5.69 Å². The lowest BCUT2D eigenvalue weighted by Gasteiger charge is -2.12. The molecule has 0 saturated carbocycles. The molecule has 0 aliphatic heterocycles. The van der Waals surface area contributed by atoms with Crippen LogP contribution in [0.3, 0.4) is 0 Å². The molecule has 0 fully saturated rings. The Bertz CT molecular complexity index is 1420. The van der Waals surface area contributed by atoms with Crippen molar-refractivity contribution in [3.8, 4) is 5.69 Å². The van der Waals surface area contributed by atoms with E-state index in [0.29, 0.717) is 25.4 Å². The number of carbonyl (C=O) groups is 1. The number of amides is 1. The zero-order valence-corrected chi connectivity index (χ0v) is 19.7. The normalized spacial score (nSPS) is 11.1. The highest BCUT2D eigenvalue weighted by atomic mass is 35.5. The van der Waals surface area contributed by atoms with E-state index < -0.39 is 17.2 Å². The zero-order chi connectivity index (χ0) is 22.8. The fraction of sp³-hybridized carbons (Fsp3) is 0.182. The van der Waals surface area contributed by atoms with E-state index >= 15 is 0 Å². The van der Waals surface area contributed by atoms with Gasteiger partial charge in [0.1, 0.15) is 11.2 Å². The maximum absolute atomic E-state index is 13.4. The summed E-state index contributed by atoms with van der Waals surface area (Å²) in [5.74, 6) is 0.316. The maximum Gasteiger partial charge on any atom is 0.337 e. The standard InChI is InChI=1S/C22H19ClN4O3S2/c1-3-31-21-25-19-18(32-21)20(29)27(14-10-8-13(2)9-11-14)22(30)26(19)12-17(28)24-16-7-5-4-6-15(16)23/h4-11H,3,12H2,1-2H3,(H,24,28). The van der Waals surface area contributed by atoms with Gasteiger partial charge in [0.05, 0.1) is 16.4 Å². The molecule has 0 saturated heterocycles. The zero-order valence-electron chi connectivity index (χ0n) is 17.3. The summed E-state index contributed by atoms with van der Waals surface area (Å²) in [6.45, 7) is 3.59. The van der Waals surface area contributed by atoms with E-state index in [1.54, 1.807) is 36.4 Å². The Morgan fingerprint density at radius 1 is 1.16 bits per heavy atom. The number of thioether (sulfide) groups is 1. The first-order valence-corrected chi connectivity index (χ1v) is 12.0. The molecule has 10 heteroatoms. The van der Waals surface area contributed by atoms with Crippen molar-refractivity contribution in [2.45, 2.75) is 24.7 Å². The second-order valence-corrected chi connectivity index (χ2v) is 9.86. The summed E-state index contributed by atoms with van der Waals surface area (Å²) in [6.07, 6.45) is 0. The number of aromatic nitrogens is 3. The van der Waals surface area contributed by atoms with Crippen molar-refractivity contribution in [3.63, 3.8) is 0 Å². The molecule has 0 spiro atoms. The van der Waals surface area contributed by atoms with E-state index in [-0.39, 0.29) is 12.2 Å². The van der Waals surface area contributed by atoms with Crippen LogP contribution in [0.1, 0.15) is 12.5 Å². The Hall–Kier alpha value is -2.88. The number of nitrogens with one attached hydrogen (secondary N) is 1. The molecule has 164 valence electrons. The Balaban J connectivity index is 1.85. The van der Waals surface area contributed by atoms with Crippen LogP contribution in [0.5, 0.6) is 0 Å². The van der Waals surface area contributed by atoms with Crippen molar-refractivity contribution in [1.82, 2.24) is 14.1 Å². The predicted molar refractivity (Wildman–Crippen MR) is 131 cm³/mol. The minimum atomic E-state index is -0.626. The van der Waals surface area contributed by atoms with Gasteiger partial charge < -0.3 is 5.32 Å². The number of fused-ring (bicyclic) bond motifs is 1. The number of para-hydroxylation sites is 1. The number of thiazole rings is 1. The van der Waals surface area contributed by atoms with Crippen LogP contribution < -0.4 is 16.6 Å². The average Bonchev–Trinajstić information content (AvgIpc) is 3.19. The first-order chi connectivity index (χ1) is 15.4. The number of carbonyl (C=O) groups excluding carboxylic acids is 1. The Morgan fingerprint density at radius 3 is 2.56 bits per heavy atom. The lowest BCUT2D eigenvalue weighted by atomic mass is 10.2. The minimum absolute atomic E-state index is 0.207. The quantitative estimate of drug-likeness (QED) is 0.410. The van der Waals surface area contributed by atoms with Crippen molar-refractivity contribution in [3.05, 3.63) is 80.0 Å². The van der Waals surface area contributed by atoms with Gasteiger partial charge in [-0.1, -0.05) is 60.1 Å². The highest BCUT2D eigenvalue weighted by Crippen LogP contribution is 2.27. The summed E-state index contributed by atoms with van der Waals surface area (Å²) in [6, 6.07) is 13.9. The fourth-order valence-corrected chi connectivity index (χ4v) is 5.31. The first-order valence-electron chi connectivity index (χ1n) is 9.79. The molecule has 0 aliphatic carbocycles. The summed E-state index contributed by atoms with van der Waals surface area (Å²) in [5.41, 5.74) is 1.01. The number of hydrogen-bond acceptors (Lipinski definition) is 6. The van der Waals surface area contributed by atoms with Gasteiger partial charge in [0.2, 0.25) is 5.91 Å². The van der Waals surface area contributed by atoms with Crippen LogP contribution in [-0.2, 0) is 11.3 Å². The van der Waals surface area contributed by atoms with Gasteiger partial charge in [0, 0.05) is 0 Å². The van der Waals surface area contributed by atoms with Gasteiger partial charge in [-0.25, -0.2) is 14.3 Å². The maximum atomic E-state index is 13.4. The highest BCUT2D eigenvalue weighted by molar-refractivity contribution is 8.01. The lowest BCUT2D eigenvalue weighted by molar-refractivity contribution is -0.116. The summed E-state index contributed by atoms with van der Waals surface area (Å²) < 4.78 is 3.31. The van der Waals surface area contributed by atoms with E-state index in [2.05, 4.69) is 10.3 Å². The third kappa shape index (κ3) is 4.36. The van der Waals surface area contributed by atoms with Crippen molar-refractivity contribution in [2.24, 2.45) is 0 Å². The molecule has 1 amide bonds. The van der Waals surface area contributed by atoms with Crippen molar-refractivity contribution >= 4 is 56.6 Å². The molecule has 1 N–H and O–H groups in total. The van der Waals surface area contributed by atoms with Gasteiger partial charge in [-0.05, 0) is 36.9 Å². The van der Waals surface area contributed by atoms with Crippen LogP contribution in [0.25, 0.3) is 16.0 Å². The molecule has 0 aliphatic rings. The van der Waals surface area contributed by atoms with Gasteiger partial charge in [-0.15, -0.1) is 11.3 Å². The predicted octanol–water partition coefficient (Wildman–Crippen LogP) is 4.32. The van der Waals surface area contributed by atoms with E-state index in [1.807, 2.05) is 26.0 Å². The number of hydrogen-bond donors (Lipinski definition) is 1. The van der Waals surface area contributed by atoms with Gasteiger partial charge in [-0.2, -0.15) is 0 Å². The van der Waals surface area contributed by atoms with E-state index in [9.17, 15) is 14.4 Å². The fourth-order valence-electron chi connectivity index (χ4n) is 3.16. The van der Waals surface area contributed by atoms with Gasteiger partial charge >= 0.3 is 5.69 Å². The number of aryl methyl sites for hydroxylation is 1. The molecule has 4 rings (SSSR count). The molecule has 2 aromatic heterocycles. The second-order valence-electron chi connectivity index (χ2n) is 6.94. The van der Waals surface area contributed by atoms with E-state index in [4.69, 9.17) is 11.6 Å². The van der Waals surface area contributed by atoms with Crippen molar-refractivity contribution in [2.75, 3.05) is 11.1 Å². The first kappa shape index (κ1) is 22.3. The van der Waals surface area contributed by atoms with Gasteiger partial charge in [0.15, 0.2) is 9.99 Å². The van der Waals surface area contributed by atoms with Crippen molar-refractivity contribution < 1.29 is 4.79 Å². The number of anilines is 1. The number of benzene rings is 2. The molecule has 2 aromatic carbocycles. The van der Waals surface area contributed by atoms with Crippen LogP contribution >= 0.6 is 34.7 Å². The molecule has 0 bridgehead atoms. The molecule has 7 nitrogen and oxygen atoms in total. The van der Waals surface area contributed by atoms with Crippen LogP contribution in [0, 0.1) is 6.92 Å². The monoisotopic (exact) mass is 486 g/mol. The van der Waals surface area contributed by atoms with Crippen LogP contribution in [0.2, 0.25) is 5.02 Å². The summed E-state index contributed by atoms with van der Waals surface area (Å²) in [5, 5.41) is 3.10. The smallest absolute Gasteiger partial charge is 0.323 e. The number of nitrogens with zero attached hydrogens (tertiary/aromatic N) is 3. The number of rotatable bonds is 6. The second kappa shape index (κ2) is 9.32. The Labute approximate surface area is 196 Å². The van der Waals surface area contributed by atoms with Gasteiger partial charge in [-0.3, -0.25) is 14.2 Å². The molecule has 2 heterocycles. The third-order valence-electron chi connectivity index (χ3n) is 4.67. The molecular formula is C22H19ClN4O3S2. The molecule has 0 unspecified atom stereocenters. The molecular weight excluding hydrogens is 468 g/mol. The molecule has 4 aromatic rings. The third-order valence-corrected chi connectivity index (χ3v) is 7.06. The Kier molecular flexibility index (Phi) is 6.50. The summed E-state index contributed by atoms with van der Waals surface area (Å²) in [4.78, 5) is 43.9. The van der Waals surface area contributed by atoms with Crippen LogP contribution in [0.15, 0.2) is 62.5 Å². The van der Waals surface area contributed by atoms with Crippen molar-refractivity contribution in [1.29, 1.82) is 0 Å². The summed E-state index contributed by atoms with van der Waals surface area (Å²) in [7, 11) is 0. The number of halogens is 1. The van der Waals surface area contributed by atoms with Crippen LogP contribution in [-0.4, -0.2) is 25.8 Å². The largest absolute Gasteiger partial charge is 0.337 e. The topological polar surface area (TPSA) is 86.0 Å². The Morgan fingerprint density at radius 2 is 1.88 bits per heavy atom. The summed E-state index contributed by atoms with van der Waals surface area (Å²) >= 11 is 8.83. The molecule has 0 atom stereocenters. The lowest BCUT2D eigenvalue weighted by Crippen LogP contribution is -2.40.